The van der Waals surface area contributed by atoms with Crippen molar-refractivity contribution in [2.24, 2.45) is 0 Å². The summed E-state index contributed by atoms with van der Waals surface area (Å²) in [6.07, 6.45) is 52.1. The molecular formula is C49H84O6. The molecular weight excluding hydrogens is 685 g/mol. The van der Waals surface area contributed by atoms with E-state index >= 15 is 0 Å². The van der Waals surface area contributed by atoms with E-state index in [-0.39, 0.29) is 31.1 Å². The van der Waals surface area contributed by atoms with Gasteiger partial charge >= 0.3 is 17.9 Å². The third kappa shape index (κ3) is 42.1. The van der Waals surface area contributed by atoms with Crippen LogP contribution in [0.2, 0.25) is 0 Å². The predicted octanol–water partition coefficient (Wildman–Crippen LogP) is 14.5. The van der Waals surface area contributed by atoms with E-state index < -0.39 is 6.10 Å². The van der Waals surface area contributed by atoms with Gasteiger partial charge in [0.05, 0.1) is 0 Å². The number of allylic oxidation sites excluding steroid dienone is 10. The summed E-state index contributed by atoms with van der Waals surface area (Å²) < 4.78 is 16.6. The van der Waals surface area contributed by atoms with Crippen LogP contribution in [0.25, 0.3) is 0 Å². The number of unbranched alkanes of at least 4 members (excludes halogenated alkanes) is 19. The van der Waals surface area contributed by atoms with Gasteiger partial charge in [0.15, 0.2) is 6.10 Å². The molecule has 6 nitrogen and oxygen atoms in total. The van der Waals surface area contributed by atoms with Gasteiger partial charge in [-0.3, -0.25) is 14.4 Å². The molecule has 316 valence electrons. The predicted molar refractivity (Wildman–Crippen MR) is 233 cm³/mol. The molecule has 0 amide bonds. The highest BCUT2D eigenvalue weighted by Crippen LogP contribution is 2.13. The van der Waals surface area contributed by atoms with Gasteiger partial charge in [0.2, 0.25) is 0 Å². The van der Waals surface area contributed by atoms with Crippen LogP contribution in [0.4, 0.5) is 0 Å². The van der Waals surface area contributed by atoms with Crippen LogP contribution in [0.5, 0.6) is 0 Å². The smallest absolute Gasteiger partial charge is 0.306 e. The largest absolute Gasteiger partial charge is 0.462 e. The summed E-state index contributed by atoms with van der Waals surface area (Å²) in [7, 11) is 0. The van der Waals surface area contributed by atoms with Crippen molar-refractivity contribution >= 4 is 17.9 Å². The summed E-state index contributed by atoms with van der Waals surface area (Å²) in [5.41, 5.74) is 0. The van der Waals surface area contributed by atoms with Crippen LogP contribution in [0.3, 0.4) is 0 Å². The summed E-state index contributed by atoms with van der Waals surface area (Å²) in [5.74, 6) is -0.950. The zero-order chi connectivity index (χ0) is 40.1. The molecule has 0 spiro atoms. The average Bonchev–Trinajstić information content (AvgIpc) is 3.18. The van der Waals surface area contributed by atoms with Crippen molar-refractivity contribution in [1.29, 1.82) is 0 Å². The molecule has 0 rings (SSSR count). The molecule has 0 fully saturated rings. The van der Waals surface area contributed by atoms with Crippen LogP contribution in [-0.4, -0.2) is 37.2 Å². The Morgan fingerprint density at radius 1 is 0.382 bits per heavy atom. The van der Waals surface area contributed by atoms with Crippen LogP contribution in [0, 0.1) is 0 Å². The summed E-state index contributed by atoms with van der Waals surface area (Å²) in [6, 6.07) is 0. The van der Waals surface area contributed by atoms with Crippen molar-refractivity contribution in [3.05, 3.63) is 60.8 Å². The minimum Gasteiger partial charge on any atom is -0.462 e. The molecule has 0 aromatic carbocycles. The molecule has 0 aliphatic carbocycles. The number of ether oxygens (including phenoxy) is 3. The molecule has 0 aliphatic rings. The molecule has 55 heavy (non-hydrogen) atoms. The lowest BCUT2D eigenvalue weighted by atomic mass is 10.1. The zero-order valence-corrected chi connectivity index (χ0v) is 35.9. The number of rotatable bonds is 40. The molecule has 1 unspecified atom stereocenters. The topological polar surface area (TPSA) is 78.9 Å². The number of hydrogen-bond acceptors (Lipinski definition) is 6. The number of carbonyl (C=O) groups excluding carboxylic acids is 3. The summed E-state index contributed by atoms with van der Waals surface area (Å²) >= 11 is 0. The third-order valence-corrected chi connectivity index (χ3v) is 9.51. The van der Waals surface area contributed by atoms with Crippen LogP contribution < -0.4 is 0 Å². The van der Waals surface area contributed by atoms with Crippen molar-refractivity contribution in [3.63, 3.8) is 0 Å². The van der Waals surface area contributed by atoms with Crippen LogP contribution >= 0.6 is 0 Å². The molecule has 0 bridgehead atoms. The fourth-order valence-corrected chi connectivity index (χ4v) is 6.07. The van der Waals surface area contributed by atoms with Crippen molar-refractivity contribution in [2.75, 3.05) is 13.2 Å². The lowest BCUT2D eigenvalue weighted by molar-refractivity contribution is -0.167. The van der Waals surface area contributed by atoms with Crippen LogP contribution in [0.1, 0.15) is 213 Å². The van der Waals surface area contributed by atoms with E-state index in [1.807, 2.05) is 0 Å². The second kappa shape index (κ2) is 43.8. The lowest BCUT2D eigenvalue weighted by Crippen LogP contribution is -2.30. The van der Waals surface area contributed by atoms with E-state index in [1.54, 1.807) is 0 Å². The minimum absolute atomic E-state index is 0.0903. The van der Waals surface area contributed by atoms with Crippen molar-refractivity contribution in [3.8, 4) is 0 Å². The van der Waals surface area contributed by atoms with E-state index in [9.17, 15) is 14.4 Å². The summed E-state index contributed by atoms with van der Waals surface area (Å²) in [4.78, 5) is 37.6. The van der Waals surface area contributed by atoms with Crippen molar-refractivity contribution in [1.82, 2.24) is 0 Å². The molecule has 6 heteroatoms. The standard InChI is InChI=1S/C49H84O6/c1-4-7-10-13-16-19-21-23-25-27-28-30-33-36-39-42-48(51)54-45-46(44-53-47(50)41-38-35-32-18-15-12-9-6-3)55-49(52)43-40-37-34-31-29-26-24-22-20-17-14-11-8-5-2/h7,10,16,19,22-25,28,30,46H,4-6,8-9,11-15,17-18,20-21,26-27,29,31-45H2,1-3H3/b10-7-,19-16-,24-22-,25-23-,30-28-. The van der Waals surface area contributed by atoms with Gasteiger partial charge in [0, 0.05) is 19.3 Å². The molecule has 0 radical (unpaired) electrons. The maximum absolute atomic E-state index is 12.7. The van der Waals surface area contributed by atoms with Gasteiger partial charge < -0.3 is 14.2 Å². The van der Waals surface area contributed by atoms with Gasteiger partial charge in [0.1, 0.15) is 13.2 Å². The number of hydrogen-bond donors (Lipinski definition) is 0. The van der Waals surface area contributed by atoms with Crippen molar-refractivity contribution < 1.29 is 28.6 Å². The first-order valence-electron chi connectivity index (χ1n) is 22.8. The molecule has 1 atom stereocenters. The maximum atomic E-state index is 12.7. The Labute approximate surface area is 339 Å². The van der Waals surface area contributed by atoms with Gasteiger partial charge in [0.25, 0.3) is 0 Å². The van der Waals surface area contributed by atoms with Crippen LogP contribution in [0.15, 0.2) is 60.8 Å². The Bertz CT molecular complexity index is 1020. The quantitative estimate of drug-likeness (QED) is 0.0267. The number of carbonyl (C=O) groups is 3. The maximum Gasteiger partial charge on any atom is 0.306 e. The van der Waals surface area contributed by atoms with E-state index in [0.29, 0.717) is 19.3 Å². The highest BCUT2D eigenvalue weighted by Gasteiger charge is 2.19. The first kappa shape index (κ1) is 52.1. The van der Waals surface area contributed by atoms with Gasteiger partial charge in [-0.25, -0.2) is 0 Å². The zero-order valence-electron chi connectivity index (χ0n) is 35.9. The molecule has 0 aromatic rings. The lowest BCUT2D eigenvalue weighted by Gasteiger charge is -2.18. The Hall–Kier alpha value is -2.89. The Morgan fingerprint density at radius 2 is 0.709 bits per heavy atom. The molecule has 0 N–H and O–H groups in total. The second-order valence-corrected chi connectivity index (χ2v) is 14.9. The Balaban J connectivity index is 4.42. The monoisotopic (exact) mass is 769 g/mol. The van der Waals surface area contributed by atoms with E-state index in [1.165, 1.54) is 77.0 Å². The normalized spacial score (nSPS) is 12.6. The second-order valence-electron chi connectivity index (χ2n) is 14.9. The first-order chi connectivity index (χ1) is 27.0. The summed E-state index contributed by atoms with van der Waals surface area (Å²) in [5, 5.41) is 0. The summed E-state index contributed by atoms with van der Waals surface area (Å²) in [6.45, 7) is 6.42. The fourth-order valence-electron chi connectivity index (χ4n) is 6.07. The molecule has 0 heterocycles. The third-order valence-electron chi connectivity index (χ3n) is 9.51. The SMILES string of the molecule is CC/C=C\C/C=C\C/C=C\C/C=C\CCCCC(=O)OCC(COC(=O)CCCCCCCCCC)OC(=O)CCCCCCC/C=C\CCCCCCC. The highest BCUT2D eigenvalue weighted by molar-refractivity contribution is 5.71. The fraction of sp³-hybridized carbons (Fsp3) is 0.735. The van der Waals surface area contributed by atoms with Gasteiger partial charge in [-0.2, -0.15) is 0 Å². The van der Waals surface area contributed by atoms with Crippen LogP contribution in [-0.2, 0) is 28.6 Å². The average molecular weight is 769 g/mol. The highest BCUT2D eigenvalue weighted by atomic mass is 16.6. The van der Waals surface area contributed by atoms with E-state index in [2.05, 4.69) is 81.5 Å². The Morgan fingerprint density at radius 3 is 1.16 bits per heavy atom. The molecule has 0 saturated heterocycles. The first-order valence-corrected chi connectivity index (χ1v) is 22.8. The molecule has 0 aromatic heterocycles. The van der Waals surface area contributed by atoms with E-state index in [0.717, 1.165) is 96.3 Å². The number of esters is 3. The molecule has 0 saturated carbocycles. The molecule has 0 aliphatic heterocycles. The van der Waals surface area contributed by atoms with Gasteiger partial charge in [-0.05, 0) is 83.5 Å². The van der Waals surface area contributed by atoms with Crippen molar-refractivity contribution in [2.45, 2.75) is 219 Å². The van der Waals surface area contributed by atoms with E-state index in [4.69, 9.17) is 14.2 Å². The minimum atomic E-state index is -0.790. The van der Waals surface area contributed by atoms with Gasteiger partial charge in [-0.15, -0.1) is 0 Å². The van der Waals surface area contributed by atoms with Gasteiger partial charge in [-0.1, -0.05) is 171 Å². The Kier molecular flexibility index (Phi) is 41.5.